The average Bonchev–Trinajstić information content (AvgIpc) is 2.45. The quantitative estimate of drug-likeness (QED) is 0.647. The molecule has 0 spiro atoms. The number of nitrogens with two attached hydrogens (primary N) is 1. The van der Waals surface area contributed by atoms with Gasteiger partial charge in [0, 0.05) is 24.7 Å². The molecular formula is C13H13N5O3. The molecular weight excluding hydrogens is 274 g/mol. The second kappa shape index (κ2) is 5.53. The van der Waals surface area contributed by atoms with E-state index < -0.39 is 4.92 Å². The zero-order valence-corrected chi connectivity index (χ0v) is 11.5. The third-order valence-corrected chi connectivity index (χ3v) is 2.89. The molecule has 0 atom stereocenters. The van der Waals surface area contributed by atoms with Crippen LogP contribution < -0.4 is 11.1 Å². The van der Waals surface area contributed by atoms with E-state index in [9.17, 15) is 14.9 Å². The highest BCUT2D eigenvalue weighted by atomic mass is 16.6. The zero-order chi connectivity index (χ0) is 15.6. The van der Waals surface area contributed by atoms with E-state index in [0.717, 1.165) is 0 Å². The summed E-state index contributed by atoms with van der Waals surface area (Å²) in [6.45, 7) is 1.63. The van der Waals surface area contributed by atoms with Gasteiger partial charge < -0.3 is 11.1 Å². The van der Waals surface area contributed by atoms with Gasteiger partial charge in [-0.25, -0.2) is 9.97 Å². The summed E-state index contributed by atoms with van der Waals surface area (Å²) in [6, 6.07) is 5.85. The fourth-order valence-corrected chi connectivity index (χ4v) is 1.97. The molecule has 21 heavy (non-hydrogen) atoms. The van der Waals surface area contributed by atoms with Gasteiger partial charge in [0.25, 0.3) is 11.6 Å². The molecule has 0 bridgehead atoms. The van der Waals surface area contributed by atoms with Crippen LogP contribution in [0.4, 0.5) is 11.6 Å². The predicted octanol–water partition coefficient (Wildman–Crippen LogP) is 1.30. The van der Waals surface area contributed by atoms with E-state index in [1.807, 2.05) is 0 Å². The highest BCUT2D eigenvalue weighted by Crippen LogP contribution is 2.27. The topological polar surface area (TPSA) is 124 Å². The van der Waals surface area contributed by atoms with Gasteiger partial charge in [0.05, 0.1) is 21.9 Å². The molecule has 3 N–H and O–H groups in total. The first-order chi connectivity index (χ1) is 9.93. The van der Waals surface area contributed by atoms with Gasteiger partial charge in [-0.15, -0.1) is 0 Å². The number of aromatic nitrogens is 2. The van der Waals surface area contributed by atoms with Gasteiger partial charge in [-0.05, 0) is 6.92 Å². The molecule has 8 heteroatoms. The first-order valence-electron chi connectivity index (χ1n) is 6.05. The smallest absolute Gasteiger partial charge is 0.270 e. The molecule has 1 aromatic carbocycles. The SMILES string of the molecule is CNC(=O)c1c(C)nc(N)nc1-c1cccc([N+](=O)[O-])c1. The molecule has 1 aromatic heterocycles. The standard InChI is InChI=1S/C13H13N5O3/c1-7-10(12(19)15-2)11(17-13(14)16-7)8-4-3-5-9(6-8)18(20)21/h3-6H,1-2H3,(H,15,19)(H2,14,16,17). The molecule has 1 amide bonds. The number of anilines is 1. The van der Waals surface area contributed by atoms with Crippen molar-refractivity contribution in [2.45, 2.75) is 6.92 Å². The number of nitrogens with zero attached hydrogens (tertiary/aromatic N) is 3. The maximum Gasteiger partial charge on any atom is 0.270 e. The van der Waals surface area contributed by atoms with Gasteiger partial charge in [-0.2, -0.15) is 0 Å². The number of hydrogen-bond donors (Lipinski definition) is 2. The summed E-state index contributed by atoms with van der Waals surface area (Å²) in [5.41, 5.74) is 6.87. The lowest BCUT2D eigenvalue weighted by atomic mass is 10.0. The summed E-state index contributed by atoms with van der Waals surface area (Å²) in [7, 11) is 1.48. The van der Waals surface area contributed by atoms with Crippen molar-refractivity contribution in [1.29, 1.82) is 0 Å². The number of carbonyl (C=O) groups is 1. The summed E-state index contributed by atoms with van der Waals surface area (Å²) < 4.78 is 0. The van der Waals surface area contributed by atoms with Crippen molar-refractivity contribution in [3.63, 3.8) is 0 Å². The van der Waals surface area contributed by atoms with Gasteiger partial charge in [0.15, 0.2) is 0 Å². The van der Waals surface area contributed by atoms with Crippen LogP contribution in [0.2, 0.25) is 0 Å². The van der Waals surface area contributed by atoms with Crippen LogP contribution in [0.5, 0.6) is 0 Å². The lowest BCUT2D eigenvalue weighted by Crippen LogP contribution is -2.21. The maximum atomic E-state index is 12.0. The Bertz CT molecular complexity index is 730. The van der Waals surface area contributed by atoms with Gasteiger partial charge in [-0.1, -0.05) is 12.1 Å². The first kappa shape index (κ1) is 14.4. The second-order valence-corrected chi connectivity index (χ2v) is 4.28. The van der Waals surface area contributed by atoms with Crippen LogP contribution in [0.15, 0.2) is 24.3 Å². The Hall–Kier alpha value is -3.03. The first-order valence-corrected chi connectivity index (χ1v) is 6.05. The Kier molecular flexibility index (Phi) is 3.79. The van der Waals surface area contributed by atoms with Crippen molar-refractivity contribution >= 4 is 17.5 Å². The third-order valence-electron chi connectivity index (χ3n) is 2.89. The number of rotatable bonds is 3. The average molecular weight is 287 g/mol. The molecule has 0 saturated carbocycles. The minimum Gasteiger partial charge on any atom is -0.368 e. The van der Waals surface area contributed by atoms with E-state index in [-0.39, 0.29) is 28.8 Å². The fourth-order valence-electron chi connectivity index (χ4n) is 1.97. The number of hydrogen-bond acceptors (Lipinski definition) is 6. The molecule has 1 heterocycles. The Morgan fingerprint density at radius 2 is 2.10 bits per heavy atom. The number of carbonyl (C=O) groups excluding carboxylic acids is 1. The normalized spacial score (nSPS) is 10.2. The van der Waals surface area contributed by atoms with Crippen molar-refractivity contribution in [2.75, 3.05) is 12.8 Å². The van der Waals surface area contributed by atoms with Crippen LogP contribution in [0.25, 0.3) is 11.3 Å². The summed E-state index contributed by atoms with van der Waals surface area (Å²) in [5, 5.41) is 13.4. The summed E-state index contributed by atoms with van der Waals surface area (Å²) >= 11 is 0. The molecule has 0 aliphatic heterocycles. The van der Waals surface area contributed by atoms with Crippen LogP contribution in [0, 0.1) is 17.0 Å². The van der Waals surface area contributed by atoms with E-state index in [2.05, 4.69) is 15.3 Å². The van der Waals surface area contributed by atoms with Crippen LogP contribution in [-0.2, 0) is 0 Å². The lowest BCUT2D eigenvalue weighted by molar-refractivity contribution is -0.384. The molecule has 0 saturated heterocycles. The van der Waals surface area contributed by atoms with Crippen LogP contribution in [0.1, 0.15) is 16.1 Å². The molecule has 2 aromatic rings. The van der Waals surface area contributed by atoms with E-state index in [4.69, 9.17) is 5.73 Å². The Labute approximate surface area is 120 Å². The zero-order valence-electron chi connectivity index (χ0n) is 11.5. The number of benzene rings is 1. The Morgan fingerprint density at radius 1 is 1.38 bits per heavy atom. The number of nitrogens with one attached hydrogen (secondary N) is 1. The summed E-state index contributed by atoms with van der Waals surface area (Å²) in [5.74, 6) is -0.379. The minimum absolute atomic E-state index is 0.00154. The molecule has 0 unspecified atom stereocenters. The maximum absolute atomic E-state index is 12.0. The highest BCUT2D eigenvalue weighted by Gasteiger charge is 2.19. The largest absolute Gasteiger partial charge is 0.368 e. The van der Waals surface area contributed by atoms with Gasteiger partial charge in [-0.3, -0.25) is 14.9 Å². The van der Waals surface area contributed by atoms with Crippen molar-refractivity contribution < 1.29 is 9.72 Å². The fraction of sp³-hybridized carbons (Fsp3) is 0.154. The minimum atomic E-state index is -0.513. The van der Waals surface area contributed by atoms with E-state index in [1.165, 1.54) is 25.2 Å². The second-order valence-electron chi connectivity index (χ2n) is 4.28. The van der Waals surface area contributed by atoms with E-state index in [0.29, 0.717) is 11.3 Å². The van der Waals surface area contributed by atoms with Gasteiger partial charge >= 0.3 is 0 Å². The van der Waals surface area contributed by atoms with Crippen molar-refractivity contribution in [3.05, 3.63) is 45.6 Å². The van der Waals surface area contributed by atoms with E-state index in [1.54, 1.807) is 13.0 Å². The van der Waals surface area contributed by atoms with Gasteiger partial charge in [0.2, 0.25) is 5.95 Å². The van der Waals surface area contributed by atoms with Crippen molar-refractivity contribution in [2.24, 2.45) is 0 Å². The number of nitro groups is 1. The van der Waals surface area contributed by atoms with Crippen LogP contribution in [0.3, 0.4) is 0 Å². The Morgan fingerprint density at radius 3 is 2.71 bits per heavy atom. The van der Waals surface area contributed by atoms with Crippen molar-refractivity contribution in [1.82, 2.24) is 15.3 Å². The number of nitro benzene ring substituents is 1. The Balaban J connectivity index is 2.70. The lowest BCUT2D eigenvalue weighted by Gasteiger charge is -2.11. The van der Waals surface area contributed by atoms with Gasteiger partial charge in [0.1, 0.15) is 0 Å². The van der Waals surface area contributed by atoms with Crippen LogP contribution >= 0.6 is 0 Å². The summed E-state index contributed by atoms with van der Waals surface area (Å²) in [4.78, 5) is 30.4. The molecule has 108 valence electrons. The monoisotopic (exact) mass is 287 g/mol. The number of amides is 1. The number of non-ortho nitro benzene ring substituents is 1. The molecule has 0 fully saturated rings. The van der Waals surface area contributed by atoms with E-state index >= 15 is 0 Å². The molecule has 8 nitrogen and oxygen atoms in total. The predicted molar refractivity (Wildman–Crippen MR) is 76.7 cm³/mol. The molecule has 0 radical (unpaired) electrons. The van der Waals surface area contributed by atoms with Crippen molar-refractivity contribution in [3.8, 4) is 11.3 Å². The molecule has 0 aliphatic carbocycles. The number of aryl methyl sites for hydroxylation is 1. The summed E-state index contributed by atoms with van der Waals surface area (Å²) in [6.07, 6.45) is 0. The van der Waals surface area contributed by atoms with Crippen LogP contribution in [-0.4, -0.2) is 27.8 Å². The number of nitrogen functional groups attached to an aromatic ring is 1. The molecule has 2 rings (SSSR count). The third kappa shape index (κ3) is 2.78. The highest BCUT2D eigenvalue weighted by molar-refractivity contribution is 6.01. The molecule has 0 aliphatic rings.